The van der Waals surface area contributed by atoms with Crippen LogP contribution < -0.4 is 4.90 Å². The van der Waals surface area contributed by atoms with Crippen molar-refractivity contribution in [2.75, 3.05) is 11.4 Å². The van der Waals surface area contributed by atoms with Gasteiger partial charge in [0.2, 0.25) is 11.8 Å². The number of carbonyl (C=O) groups excluding carboxylic acids is 3. The largest absolute Gasteiger partial charge is 0.436 e. The van der Waals surface area contributed by atoms with Gasteiger partial charge in [0, 0.05) is 12.1 Å². The highest BCUT2D eigenvalue weighted by Crippen LogP contribution is 2.30. The van der Waals surface area contributed by atoms with E-state index in [2.05, 4.69) is 11.6 Å². The zero-order valence-corrected chi connectivity index (χ0v) is 18.3. The molecule has 1 fully saturated rings. The Bertz CT molecular complexity index is 1330. The molecule has 2 aromatic heterocycles. The molecule has 0 N–H and O–H groups in total. The zero-order valence-electron chi connectivity index (χ0n) is 17.5. The number of para-hydroxylation sites is 2. The summed E-state index contributed by atoms with van der Waals surface area (Å²) in [5.41, 5.74) is 2.60. The third-order valence-electron chi connectivity index (χ3n) is 5.48. The second-order valence-electron chi connectivity index (χ2n) is 7.54. The molecular formula is C25H19N3O4S. The van der Waals surface area contributed by atoms with Crippen LogP contribution in [0.25, 0.3) is 22.6 Å². The van der Waals surface area contributed by atoms with Gasteiger partial charge in [0.15, 0.2) is 5.58 Å². The molecule has 7 nitrogen and oxygen atoms in total. The van der Waals surface area contributed by atoms with Gasteiger partial charge in [-0.3, -0.25) is 14.4 Å². The number of oxazole rings is 1. The van der Waals surface area contributed by atoms with Crippen LogP contribution in [-0.2, 0) is 9.59 Å². The maximum atomic E-state index is 13.2. The van der Waals surface area contributed by atoms with Gasteiger partial charge in [-0.25, -0.2) is 9.88 Å². The number of thiophene rings is 1. The summed E-state index contributed by atoms with van der Waals surface area (Å²) in [7, 11) is 0. The minimum atomic E-state index is -0.873. The molecular weight excluding hydrogens is 438 g/mol. The van der Waals surface area contributed by atoms with E-state index >= 15 is 0 Å². The average molecular weight is 458 g/mol. The second-order valence-corrected chi connectivity index (χ2v) is 8.49. The first-order valence-corrected chi connectivity index (χ1v) is 11.2. The highest BCUT2D eigenvalue weighted by atomic mass is 32.1. The van der Waals surface area contributed by atoms with Crippen LogP contribution in [0.2, 0.25) is 0 Å². The van der Waals surface area contributed by atoms with Crippen LogP contribution in [0.15, 0.2) is 83.1 Å². The van der Waals surface area contributed by atoms with Crippen LogP contribution in [0.1, 0.15) is 16.1 Å². The first-order chi connectivity index (χ1) is 16.1. The lowest BCUT2D eigenvalue weighted by Gasteiger charge is -2.26. The Morgan fingerprint density at radius 2 is 1.94 bits per heavy atom. The Morgan fingerprint density at radius 1 is 1.15 bits per heavy atom. The fraction of sp³-hybridized carbons (Fsp3) is 0.120. The molecule has 0 bridgehead atoms. The number of anilines is 1. The van der Waals surface area contributed by atoms with Gasteiger partial charge in [0.1, 0.15) is 11.6 Å². The minimum absolute atomic E-state index is 0.0727. The van der Waals surface area contributed by atoms with E-state index in [1.54, 1.807) is 47.9 Å². The molecule has 4 aromatic rings. The molecule has 2 aromatic carbocycles. The summed E-state index contributed by atoms with van der Waals surface area (Å²) in [6.45, 7) is 3.87. The summed E-state index contributed by atoms with van der Waals surface area (Å²) in [5.74, 6) is -0.614. The number of rotatable bonds is 6. The molecule has 8 heteroatoms. The number of fused-ring (bicyclic) bond motifs is 1. The van der Waals surface area contributed by atoms with E-state index in [-0.39, 0.29) is 24.8 Å². The van der Waals surface area contributed by atoms with E-state index in [0.717, 1.165) is 16.0 Å². The summed E-state index contributed by atoms with van der Waals surface area (Å²) >= 11 is 1.29. The second kappa shape index (κ2) is 8.48. The summed E-state index contributed by atoms with van der Waals surface area (Å²) in [6, 6.07) is 16.9. The standard InChI is InChI=1S/C25H19N3O4S/c1-2-13-27(25(31)21-8-5-14-33-21)19-15-22(29)28(24(19)30)17-11-9-16(10-12-17)23-26-18-6-3-4-7-20(18)32-23/h2-12,14,19H,1,13,15H2. The van der Waals surface area contributed by atoms with E-state index in [9.17, 15) is 14.4 Å². The van der Waals surface area contributed by atoms with Crippen molar-refractivity contribution in [3.63, 3.8) is 0 Å². The van der Waals surface area contributed by atoms with Crippen molar-refractivity contribution in [1.29, 1.82) is 0 Å². The van der Waals surface area contributed by atoms with Gasteiger partial charge in [-0.05, 0) is 47.8 Å². The topological polar surface area (TPSA) is 83.7 Å². The number of nitrogens with zero attached hydrogens (tertiary/aromatic N) is 3. The zero-order chi connectivity index (χ0) is 22.9. The van der Waals surface area contributed by atoms with Gasteiger partial charge in [-0.2, -0.15) is 0 Å². The van der Waals surface area contributed by atoms with Crippen LogP contribution in [0.5, 0.6) is 0 Å². The smallest absolute Gasteiger partial charge is 0.264 e. The Hall–Kier alpha value is -4.04. The SMILES string of the molecule is C=CCN(C(=O)c1cccs1)C1CC(=O)N(c2ccc(-c3nc4ccccc4o3)cc2)C1=O. The minimum Gasteiger partial charge on any atom is -0.436 e. The summed E-state index contributed by atoms with van der Waals surface area (Å²) < 4.78 is 5.79. The fourth-order valence-corrected chi connectivity index (χ4v) is 4.59. The summed E-state index contributed by atoms with van der Waals surface area (Å²) in [4.78, 5) is 46.5. The van der Waals surface area contributed by atoms with E-state index < -0.39 is 11.9 Å². The fourth-order valence-electron chi connectivity index (χ4n) is 3.91. The number of hydrogen-bond donors (Lipinski definition) is 0. The molecule has 164 valence electrons. The Kier molecular flexibility index (Phi) is 5.35. The number of carbonyl (C=O) groups is 3. The maximum Gasteiger partial charge on any atom is 0.264 e. The third-order valence-corrected chi connectivity index (χ3v) is 6.34. The van der Waals surface area contributed by atoms with Crippen LogP contribution in [0, 0.1) is 0 Å². The molecule has 33 heavy (non-hydrogen) atoms. The molecule has 5 rings (SSSR count). The monoisotopic (exact) mass is 457 g/mol. The first-order valence-electron chi connectivity index (χ1n) is 10.3. The number of amides is 3. The van der Waals surface area contributed by atoms with Crippen molar-refractivity contribution in [2.24, 2.45) is 0 Å². The molecule has 3 amide bonds. The lowest BCUT2D eigenvalue weighted by molar-refractivity contribution is -0.122. The molecule has 1 unspecified atom stereocenters. The van der Waals surface area contributed by atoms with Gasteiger partial charge in [-0.1, -0.05) is 24.3 Å². The summed E-state index contributed by atoms with van der Waals surface area (Å²) in [6.07, 6.45) is 1.48. The maximum absolute atomic E-state index is 13.2. The summed E-state index contributed by atoms with van der Waals surface area (Å²) in [5, 5.41) is 1.80. The number of hydrogen-bond acceptors (Lipinski definition) is 6. The van der Waals surface area contributed by atoms with Crippen LogP contribution >= 0.6 is 11.3 Å². The average Bonchev–Trinajstić information content (AvgIpc) is 3.56. The Labute approximate surface area is 193 Å². The van der Waals surface area contributed by atoms with Crippen molar-refractivity contribution < 1.29 is 18.8 Å². The highest BCUT2D eigenvalue weighted by Gasteiger charge is 2.44. The van der Waals surface area contributed by atoms with E-state index in [1.165, 1.54) is 16.2 Å². The van der Waals surface area contributed by atoms with Crippen LogP contribution in [0.4, 0.5) is 5.69 Å². The quantitative estimate of drug-likeness (QED) is 0.314. The first kappa shape index (κ1) is 20.8. The lowest BCUT2D eigenvalue weighted by Crippen LogP contribution is -2.45. The molecule has 1 aliphatic rings. The number of benzene rings is 2. The predicted octanol–water partition coefficient (Wildman–Crippen LogP) is 4.52. The number of imide groups is 1. The van der Waals surface area contributed by atoms with Gasteiger partial charge in [0.25, 0.3) is 11.8 Å². The van der Waals surface area contributed by atoms with Gasteiger partial charge >= 0.3 is 0 Å². The Balaban J connectivity index is 1.40. The highest BCUT2D eigenvalue weighted by molar-refractivity contribution is 7.12. The molecule has 0 spiro atoms. The van der Waals surface area contributed by atoms with E-state index in [0.29, 0.717) is 22.0 Å². The molecule has 3 heterocycles. The van der Waals surface area contributed by atoms with Crippen molar-refractivity contribution in [1.82, 2.24) is 9.88 Å². The molecule has 0 aliphatic carbocycles. The Morgan fingerprint density at radius 3 is 2.64 bits per heavy atom. The van der Waals surface area contributed by atoms with Crippen molar-refractivity contribution in [3.05, 3.63) is 83.6 Å². The van der Waals surface area contributed by atoms with E-state index in [1.807, 2.05) is 24.3 Å². The van der Waals surface area contributed by atoms with Crippen molar-refractivity contribution in [3.8, 4) is 11.5 Å². The molecule has 0 radical (unpaired) electrons. The third kappa shape index (κ3) is 3.74. The number of aromatic nitrogens is 1. The molecule has 1 atom stereocenters. The van der Waals surface area contributed by atoms with E-state index in [4.69, 9.17) is 4.42 Å². The van der Waals surface area contributed by atoms with Crippen molar-refractivity contribution in [2.45, 2.75) is 12.5 Å². The normalized spacial score (nSPS) is 15.9. The van der Waals surface area contributed by atoms with Gasteiger partial charge in [-0.15, -0.1) is 17.9 Å². The molecule has 0 saturated carbocycles. The van der Waals surface area contributed by atoms with Gasteiger partial charge < -0.3 is 9.32 Å². The van der Waals surface area contributed by atoms with Gasteiger partial charge in [0.05, 0.1) is 17.0 Å². The predicted molar refractivity (Wildman–Crippen MR) is 126 cm³/mol. The van der Waals surface area contributed by atoms with Crippen molar-refractivity contribution >= 4 is 45.8 Å². The van der Waals surface area contributed by atoms with Crippen LogP contribution in [0.3, 0.4) is 0 Å². The van der Waals surface area contributed by atoms with Crippen LogP contribution in [-0.4, -0.2) is 40.2 Å². The molecule has 1 saturated heterocycles. The molecule has 1 aliphatic heterocycles. The lowest BCUT2D eigenvalue weighted by atomic mass is 10.2.